The van der Waals surface area contributed by atoms with E-state index in [9.17, 15) is 8.42 Å². The lowest BCUT2D eigenvalue weighted by molar-refractivity contribution is 0.414. The Morgan fingerprint density at radius 3 is 2.25 bits per heavy atom. The van der Waals surface area contributed by atoms with E-state index in [-0.39, 0.29) is 4.90 Å². The van der Waals surface area contributed by atoms with Crippen molar-refractivity contribution in [2.24, 2.45) is 5.14 Å². The maximum atomic E-state index is 11.4. The molecular weight excluding hydrogens is 296 g/mol. The fraction of sp³-hybridized carbons (Fsp3) is 0.0769. The van der Waals surface area contributed by atoms with E-state index in [2.05, 4.69) is 0 Å². The molecule has 0 aliphatic heterocycles. The minimum Gasteiger partial charge on any atom is -0.497 e. The highest BCUT2D eigenvalue weighted by Gasteiger charge is 2.10. The number of sulfonamides is 1. The molecule has 2 rings (SSSR count). The van der Waals surface area contributed by atoms with Crippen LogP contribution in [-0.2, 0) is 10.0 Å². The number of rotatable bonds is 4. The van der Waals surface area contributed by atoms with Crippen molar-refractivity contribution in [2.75, 3.05) is 12.8 Å². The fourth-order valence-corrected chi connectivity index (χ4v) is 3.19. The standard InChI is InChI=1S/C13H14N2O3S2/c1-18-10-2-4-11(5-3-10)19-12-6-9(14)7-13(8-12)20(15,16)17/h2-8H,14H2,1H3,(H2,15,16,17). The monoisotopic (exact) mass is 310 g/mol. The molecule has 0 unspecified atom stereocenters. The number of nitrogen functional groups attached to an aromatic ring is 1. The summed E-state index contributed by atoms with van der Waals surface area (Å²) in [6.45, 7) is 0. The van der Waals surface area contributed by atoms with E-state index in [1.165, 1.54) is 23.9 Å². The first kappa shape index (κ1) is 14.7. The van der Waals surface area contributed by atoms with E-state index in [1.54, 1.807) is 13.2 Å². The van der Waals surface area contributed by atoms with Crippen LogP contribution in [0.1, 0.15) is 0 Å². The van der Waals surface area contributed by atoms with Crippen LogP contribution in [-0.4, -0.2) is 15.5 Å². The normalized spacial score (nSPS) is 11.3. The number of hydrogen-bond acceptors (Lipinski definition) is 5. The second-order valence-electron chi connectivity index (χ2n) is 4.06. The zero-order valence-corrected chi connectivity index (χ0v) is 12.4. The summed E-state index contributed by atoms with van der Waals surface area (Å²) in [5.74, 6) is 0.757. The minimum absolute atomic E-state index is 0.00788. The Kier molecular flexibility index (Phi) is 4.22. The molecule has 0 fully saturated rings. The maximum absolute atomic E-state index is 11.4. The van der Waals surface area contributed by atoms with Crippen LogP contribution in [0.2, 0.25) is 0 Å². The summed E-state index contributed by atoms with van der Waals surface area (Å²) in [6.07, 6.45) is 0. The van der Waals surface area contributed by atoms with Gasteiger partial charge < -0.3 is 10.5 Å². The highest BCUT2D eigenvalue weighted by atomic mass is 32.2. The molecule has 0 spiro atoms. The Labute approximate surface area is 122 Å². The molecule has 0 radical (unpaired) electrons. The predicted octanol–water partition coefficient (Wildman–Crippen LogP) is 2.08. The van der Waals surface area contributed by atoms with Crippen molar-refractivity contribution in [3.63, 3.8) is 0 Å². The highest BCUT2D eigenvalue weighted by molar-refractivity contribution is 7.99. The number of nitrogens with two attached hydrogens (primary N) is 2. The lowest BCUT2D eigenvalue weighted by Crippen LogP contribution is -2.12. The van der Waals surface area contributed by atoms with Crippen LogP contribution in [0, 0.1) is 0 Å². The molecular formula is C13H14N2O3S2. The van der Waals surface area contributed by atoms with Crippen molar-refractivity contribution in [1.82, 2.24) is 0 Å². The quantitative estimate of drug-likeness (QED) is 0.843. The van der Waals surface area contributed by atoms with Crippen LogP contribution in [0.5, 0.6) is 5.75 Å². The summed E-state index contributed by atoms with van der Waals surface area (Å²) in [5, 5.41) is 5.12. The van der Waals surface area contributed by atoms with E-state index in [1.807, 2.05) is 24.3 Å². The summed E-state index contributed by atoms with van der Waals surface area (Å²) in [7, 11) is -2.17. The van der Waals surface area contributed by atoms with Gasteiger partial charge in [-0.3, -0.25) is 0 Å². The van der Waals surface area contributed by atoms with Gasteiger partial charge in [0.1, 0.15) is 5.75 Å². The molecule has 20 heavy (non-hydrogen) atoms. The van der Waals surface area contributed by atoms with Gasteiger partial charge in [-0.15, -0.1) is 0 Å². The van der Waals surface area contributed by atoms with Gasteiger partial charge in [0.15, 0.2) is 0 Å². The van der Waals surface area contributed by atoms with Crippen LogP contribution < -0.4 is 15.6 Å². The van der Waals surface area contributed by atoms with Crippen molar-refractivity contribution in [3.05, 3.63) is 42.5 Å². The molecule has 106 valence electrons. The molecule has 2 aromatic rings. The molecule has 0 bridgehead atoms. The number of benzene rings is 2. The van der Waals surface area contributed by atoms with E-state index in [0.29, 0.717) is 10.6 Å². The van der Waals surface area contributed by atoms with Crippen molar-refractivity contribution < 1.29 is 13.2 Å². The molecule has 0 aliphatic carbocycles. The van der Waals surface area contributed by atoms with Gasteiger partial charge in [-0.1, -0.05) is 11.8 Å². The Bertz CT molecular complexity index is 713. The van der Waals surface area contributed by atoms with Crippen LogP contribution in [0.3, 0.4) is 0 Å². The zero-order valence-electron chi connectivity index (χ0n) is 10.7. The molecule has 0 amide bonds. The van der Waals surface area contributed by atoms with E-state index in [4.69, 9.17) is 15.6 Å². The van der Waals surface area contributed by atoms with Gasteiger partial charge in [0, 0.05) is 15.5 Å². The summed E-state index contributed by atoms with van der Waals surface area (Å²) in [5.41, 5.74) is 6.06. The molecule has 0 saturated heterocycles. The van der Waals surface area contributed by atoms with Crippen molar-refractivity contribution in [3.8, 4) is 5.75 Å². The third kappa shape index (κ3) is 3.66. The molecule has 7 heteroatoms. The van der Waals surface area contributed by atoms with Crippen LogP contribution in [0.15, 0.2) is 57.2 Å². The Morgan fingerprint density at radius 2 is 1.70 bits per heavy atom. The maximum Gasteiger partial charge on any atom is 0.238 e. The van der Waals surface area contributed by atoms with Crippen molar-refractivity contribution >= 4 is 27.5 Å². The molecule has 0 aliphatic rings. The number of anilines is 1. The molecule has 0 aromatic heterocycles. The second-order valence-corrected chi connectivity index (χ2v) is 6.77. The lowest BCUT2D eigenvalue weighted by Gasteiger charge is -2.07. The average molecular weight is 310 g/mol. The lowest BCUT2D eigenvalue weighted by atomic mass is 10.3. The first-order chi connectivity index (χ1) is 9.38. The third-order valence-corrected chi connectivity index (χ3v) is 4.40. The Balaban J connectivity index is 2.31. The molecule has 5 nitrogen and oxygen atoms in total. The molecule has 2 aromatic carbocycles. The van der Waals surface area contributed by atoms with E-state index < -0.39 is 10.0 Å². The third-order valence-electron chi connectivity index (χ3n) is 2.53. The predicted molar refractivity (Wildman–Crippen MR) is 79.3 cm³/mol. The van der Waals surface area contributed by atoms with Gasteiger partial charge in [0.2, 0.25) is 10.0 Å². The number of hydrogen-bond donors (Lipinski definition) is 2. The SMILES string of the molecule is COc1ccc(Sc2cc(N)cc(S(N)(=O)=O)c2)cc1. The van der Waals surface area contributed by atoms with E-state index >= 15 is 0 Å². The van der Waals surface area contributed by atoms with Gasteiger partial charge in [0.05, 0.1) is 12.0 Å². The average Bonchev–Trinajstić information content (AvgIpc) is 2.38. The number of methoxy groups -OCH3 is 1. The highest BCUT2D eigenvalue weighted by Crippen LogP contribution is 2.31. The summed E-state index contributed by atoms with van der Waals surface area (Å²) in [4.78, 5) is 1.66. The minimum atomic E-state index is -3.76. The smallest absolute Gasteiger partial charge is 0.238 e. The Hall–Kier alpha value is -1.70. The van der Waals surface area contributed by atoms with Gasteiger partial charge in [-0.05, 0) is 42.5 Å². The first-order valence-corrected chi connectivity index (χ1v) is 8.00. The zero-order chi connectivity index (χ0) is 14.8. The number of primary sulfonamides is 1. The largest absolute Gasteiger partial charge is 0.497 e. The fourth-order valence-electron chi connectivity index (χ4n) is 1.60. The molecule has 0 atom stereocenters. The Morgan fingerprint density at radius 1 is 1.05 bits per heavy atom. The first-order valence-electron chi connectivity index (χ1n) is 5.64. The topological polar surface area (TPSA) is 95.4 Å². The molecule has 0 heterocycles. The van der Waals surface area contributed by atoms with Gasteiger partial charge in [0.25, 0.3) is 0 Å². The van der Waals surface area contributed by atoms with Crippen molar-refractivity contribution in [2.45, 2.75) is 14.7 Å². The van der Waals surface area contributed by atoms with Crippen LogP contribution in [0.4, 0.5) is 5.69 Å². The van der Waals surface area contributed by atoms with Gasteiger partial charge in [-0.2, -0.15) is 0 Å². The van der Waals surface area contributed by atoms with Crippen LogP contribution >= 0.6 is 11.8 Å². The number of ether oxygens (including phenoxy) is 1. The summed E-state index contributed by atoms with van der Waals surface area (Å²) in [6, 6.07) is 12.0. The van der Waals surface area contributed by atoms with Gasteiger partial charge >= 0.3 is 0 Å². The van der Waals surface area contributed by atoms with Crippen LogP contribution in [0.25, 0.3) is 0 Å². The van der Waals surface area contributed by atoms with E-state index in [0.717, 1.165) is 10.6 Å². The second kappa shape index (κ2) is 5.74. The van der Waals surface area contributed by atoms with Gasteiger partial charge in [-0.25, -0.2) is 13.6 Å². The molecule has 4 N–H and O–H groups in total. The van der Waals surface area contributed by atoms with Crippen molar-refractivity contribution in [1.29, 1.82) is 0 Å². The summed E-state index contributed by atoms with van der Waals surface area (Å²) < 4.78 is 27.8. The summed E-state index contributed by atoms with van der Waals surface area (Å²) >= 11 is 1.40. The molecule has 0 saturated carbocycles.